The van der Waals surface area contributed by atoms with Gasteiger partial charge in [-0.15, -0.1) is 0 Å². The van der Waals surface area contributed by atoms with E-state index in [1.54, 1.807) is 6.20 Å². The molecule has 0 radical (unpaired) electrons. The van der Waals surface area contributed by atoms with Crippen LogP contribution < -0.4 is 10.1 Å². The molecule has 3 rings (SSSR count). The van der Waals surface area contributed by atoms with Crippen LogP contribution >= 0.6 is 22.6 Å². The minimum Gasteiger partial charge on any atom is -0.438 e. The quantitative estimate of drug-likeness (QED) is 0.679. The molecule has 0 bridgehead atoms. The first-order valence-corrected chi connectivity index (χ1v) is 7.22. The third-order valence-electron chi connectivity index (χ3n) is 2.64. The van der Waals surface area contributed by atoms with E-state index in [1.807, 2.05) is 31.2 Å². The van der Waals surface area contributed by atoms with Gasteiger partial charge in [0.15, 0.2) is 5.65 Å². The zero-order valence-electron chi connectivity index (χ0n) is 10.7. The van der Waals surface area contributed by atoms with Crippen molar-refractivity contribution in [1.29, 1.82) is 0 Å². The molecule has 2 N–H and O–H groups in total. The van der Waals surface area contributed by atoms with E-state index in [0.717, 1.165) is 21.3 Å². The zero-order chi connectivity index (χ0) is 13.9. The molecule has 0 aliphatic carbocycles. The maximum atomic E-state index is 5.84. The van der Waals surface area contributed by atoms with Gasteiger partial charge in [-0.2, -0.15) is 15.1 Å². The van der Waals surface area contributed by atoms with Crippen LogP contribution in [-0.2, 0) is 0 Å². The summed E-state index contributed by atoms with van der Waals surface area (Å²) in [5, 5.41) is 10.6. The van der Waals surface area contributed by atoms with Gasteiger partial charge in [0.2, 0.25) is 11.8 Å². The lowest BCUT2D eigenvalue weighted by Crippen LogP contribution is -2.03. The van der Waals surface area contributed by atoms with Crippen molar-refractivity contribution in [3.8, 4) is 11.6 Å². The SMILES string of the molecule is CCNc1nc(Oc2ccc(I)cc2)c2cn[nH]c2n1. The molecular formula is C13H12IN5O. The number of nitrogens with zero attached hydrogens (tertiary/aromatic N) is 3. The summed E-state index contributed by atoms with van der Waals surface area (Å²) in [5.41, 5.74) is 0.650. The highest BCUT2D eigenvalue weighted by molar-refractivity contribution is 14.1. The van der Waals surface area contributed by atoms with Crippen LogP contribution in [-0.4, -0.2) is 26.7 Å². The van der Waals surface area contributed by atoms with Gasteiger partial charge in [-0.25, -0.2) is 0 Å². The minimum absolute atomic E-state index is 0.487. The normalized spacial score (nSPS) is 10.7. The van der Waals surface area contributed by atoms with Crippen LogP contribution in [0.25, 0.3) is 11.0 Å². The fraction of sp³-hybridized carbons (Fsp3) is 0.154. The number of hydrogen-bond acceptors (Lipinski definition) is 5. The summed E-state index contributed by atoms with van der Waals surface area (Å²) in [5.74, 6) is 1.74. The Hall–Kier alpha value is -1.90. The Kier molecular flexibility index (Phi) is 3.68. The highest BCUT2D eigenvalue weighted by Gasteiger charge is 2.11. The highest BCUT2D eigenvalue weighted by Crippen LogP contribution is 2.27. The van der Waals surface area contributed by atoms with Gasteiger partial charge in [-0.3, -0.25) is 5.10 Å². The topological polar surface area (TPSA) is 75.7 Å². The van der Waals surface area contributed by atoms with Crippen molar-refractivity contribution in [2.45, 2.75) is 6.92 Å². The minimum atomic E-state index is 0.487. The lowest BCUT2D eigenvalue weighted by molar-refractivity contribution is 0.469. The van der Waals surface area contributed by atoms with Crippen LogP contribution in [0.5, 0.6) is 11.6 Å². The van der Waals surface area contributed by atoms with E-state index in [0.29, 0.717) is 17.5 Å². The number of ether oxygens (including phenoxy) is 1. The summed E-state index contributed by atoms with van der Waals surface area (Å²) in [4.78, 5) is 8.69. The summed E-state index contributed by atoms with van der Waals surface area (Å²) >= 11 is 2.25. The molecule has 7 heteroatoms. The fourth-order valence-electron chi connectivity index (χ4n) is 1.74. The maximum absolute atomic E-state index is 5.84. The molecule has 0 saturated carbocycles. The highest BCUT2D eigenvalue weighted by atomic mass is 127. The first kappa shape index (κ1) is 13.1. The van der Waals surface area contributed by atoms with E-state index in [9.17, 15) is 0 Å². The fourth-order valence-corrected chi connectivity index (χ4v) is 2.10. The lowest BCUT2D eigenvalue weighted by atomic mass is 10.3. The Balaban J connectivity index is 2.00. The molecule has 0 saturated heterocycles. The molecule has 6 nitrogen and oxygen atoms in total. The van der Waals surface area contributed by atoms with Crippen LogP contribution in [0.1, 0.15) is 6.92 Å². The zero-order valence-corrected chi connectivity index (χ0v) is 12.9. The third-order valence-corrected chi connectivity index (χ3v) is 3.36. The summed E-state index contributed by atoms with van der Waals surface area (Å²) in [6, 6.07) is 7.77. The molecule has 20 heavy (non-hydrogen) atoms. The molecule has 0 aliphatic heterocycles. The smallest absolute Gasteiger partial charge is 0.235 e. The first-order valence-electron chi connectivity index (χ1n) is 6.14. The number of anilines is 1. The van der Waals surface area contributed by atoms with Gasteiger partial charge in [0, 0.05) is 10.1 Å². The molecule has 2 aromatic heterocycles. The summed E-state index contributed by atoms with van der Waals surface area (Å²) in [7, 11) is 0. The standard InChI is InChI=1S/C13H12IN5O/c1-2-15-13-17-11-10(7-16-19-11)12(18-13)20-9-5-3-8(14)4-6-9/h3-7H,2H2,1H3,(H2,15,16,17,18,19). The Morgan fingerprint density at radius 2 is 2.05 bits per heavy atom. The van der Waals surface area contributed by atoms with Crippen molar-refractivity contribution in [3.63, 3.8) is 0 Å². The number of nitrogens with one attached hydrogen (secondary N) is 2. The van der Waals surface area contributed by atoms with E-state index >= 15 is 0 Å². The molecule has 0 atom stereocenters. The van der Waals surface area contributed by atoms with Gasteiger partial charge >= 0.3 is 0 Å². The number of benzene rings is 1. The molecular weight excluding hydrogens is 369 g/mol. The van der Waals surface area contributed by atoms with Gasteiger partial charge < -0.3 is 10.1 Å². The molecule has 102 valence electrons. The second kappa shape index (κ2) is 5.61. The van der Waals surface area contributed by atoms with Crippen LogP contribution in [0.15, 0.2) is 30.5 Å². The molecule has 1 aromatic carbocycles. The van der Waals surface area contributed by atoms with E-state index < -0.39 is 0 Å². The van der Waals surface area contributed by atoms with Gasteiger partial charge in [-0.1, -0.05) is 0 Å². The summed E-state index contributed by atoms with van der Waals surface area (Å²) in [6.45, 7) is 2.72. The van der Waals surface area contributed by atoms with Crippen LogP contribution in [0, 0.1) is 3.57 Å². The number of aromatic nitrogens is 4. The largest absolute Gasteiger partial charge is 0.438 e. The number of hydrogen-bond donors (Lipinski definition) is 2. The van der Waals surface area contributed by atoms with Gasteiger partial charge in [0.25, 0.3) is 0 Å². The van der Waals surface area contributed by atoms with Gasteiger partial charge in [-0.05, 0) is 53.8 Å². The van der Waals surface area contributed by atoms with E-state index in [-0.39, 0.29) is 0 Å². The molecule has 0 unspecified atom stereocenters. The van der Waals surface area contributed by atoms with Crippen LogP contribution in [0.3, 0.4) is 0 Å². The Morgan fingerprint density at radius 3 is 2.80 bits per heavy atom. The third kappa shape index (κ3) is 2.67. The Labute approximate surface area is 129 Å². The molecule has 2 heterocycles. The van der Waals surface area contributed by atoms with Crippen LogP contribution in [0.4, 0.5) is 5.95 Å². The van der Waals surface area contributed by atoms with Crippen molar-refractivity contribution in [2.24, 2.45) is 0 Å². The van der Waals surface area contributed by atoms with Crippen molar-refractivity contribution in [3.05, 3.63) is 34.0 Å². The van der Waals surface area contributed by atoms with Crippen molar-refractivity contribution < 1.29 is 4.74 Å². The predicted molar refractivity (Wildman–Crippen MR) is 85.1 cm³/mol. The second-order valence-corrected chi connectivity index (χ2v) is 5.32. The average Bonchev–Trinajstić information content (AvgIpc) is 2.90. The van der Waals surface area contributed by atoms with Crippen molar-refractivity contribution in [1.82, 2.24) is 20.2 Å². The Bertz CT molecular complexity index is 725. The monoisotopic (exact) mass is 381 g/mol. The van der Waals surface area contributed by atoms with Gasteiger partial charge in [0.05, 0.1) is 6.20 Å². The molecule has 0 spiro atoms. The average molecular weight is 381 g/mol. The van der Waals surface area contributed by atoms with E-state index in [2.05, 4.69) is 48.1 Å². The number of rotatable bonds is 4. The maximum Gasteiger partial charge on any atom is 0.235 e. The van der Waals surface area contributed by atoms with Crippen LogP contribution in [0.2, 0.25) is 0 Å². The van der Waals surface area contributed by atoms with E-state index in [1.165, 1.54) is 0 Å². The summed E-state index contributed by atoms with van der Waals surface area (Å²) < 4.78 is 6.99. The van der Waals surface area contributed by atoms with Crippen molar-refractivity contribution >= 4 is 39.6 Å². The number of fused-ring (bicyclic) bond motifs is 1. The molecule has 0 fully saturated rings. The molecule has 0 amide bonds. The summed E-state index contributed by atoms with van der Waals surface area (Å²) in [6.07, 6.45) is 1.66. The van der Waals surface area contributed by atoms with E-state index in [4.69, 9.17) is 4.74 Å². The number of aromatic amines is 1. The predicted octanol–water partition coefficient (Wildman–Crippen LogP) is 3.18. The molecule has 3 aromatic rings. The van der Waals surface area contributed by atoms with Crippen molar-refractivity contribution in [2.75, 3.05) is 11.9 Å². The first-order chi connectivity index (χ1) is 9.76. The second-order valence-electron chi connectivity index (χ2n) is 4.07. The Morgan fingerprint density at radius 1 is 1.25 bits per heavy atom. The number of H-pyrrole nitrogens is 1. The molecule has 0 aliphatic rings. The van der Waals surface area contributed by atoms with Gasteiger partial charge in [0.1, 0.15) is 11.1 Å². The lowest BCUT2D eigenvalue weighted by Gasteiger charge is -2.08. The number of halogens is 1.